The van der Waals surface area contributed by atoms with Crippen molar-refractivity contribution in [3.05, 3.63) is 76.9 Å². The number of nitrogens with zero attached hydrogens (tertiary/aromatic N) is 1. The molecule has 0 saturated carbocycles. The predicted molar refractivity (Wildman–Crippen MR) is 93.3 cm³/mol. The molecule has 3 aromatic rings. The Labute approximate surface area is 149 Å². The molecule has 2 aromatic heterocycles. The Morgan fingerprint density at radius 2 is 2.12 bits per heavy atom. The van der Waals surface area contributed by atoms with Gasteiger partial charge in [0.25, 0.3) is 5.91 Å². The van der Waals surface area contributed by atoms with Crippen LogP contribution in [-0.2, 0) is 11.3 Å². The summed E-state index contributed by atoms with van der Waals surface area (Å²) in [5, 5.41) is 12.4. The zero-order chi connectivity index (χ0) is 17.6. The lowest BCUT2D eigenvalue weighted by Gasteiger charge is -2.01. The van der Waals surface area contributed by atoms with Gasteiger partial charge in [0.05, 0.1) is 12.8 Å². The lowest BCUT2D eigenvalue weighted by atomic mass is 10.2. The summed E-state index contributed by atoms with van der Waals surface area (Å²) in [5.74, 6) is 1.10. The van der Waals surface area contributed by atoms with Crippen LogP contribution in [0, 0.1) is 11.3 Å². The van der Waals surface area contributed by atoms with Crippen molar-refractivity contribution in [2.75, 3.05) is 0 Å². The van der Waals surface area contributed by atoms with Crippen LogP contribution in [0.4, 0.5) is 0 Å². The van der Waals surface area contributed by atoms with E-state index < -0.39 is 5.91 Å². The molecule has 1 N–H and O–H groups in total. The molecule has 0 aliphatic carbocycles. The first-order valence-electron chi connectivity index (χ1n) is 7.44. The Bertz CT molecular complexity index is 949. The van der Waals surface area contributed by atoms with E-state index in [0.29, 0.717) is 22.3 Å². The van der Waals surface area contributed by atoms with Gasteiger partial charge < -0.3 is 14.2 Å². The highest BCUT2D eigenvalue weighted by atomic mass is 35.5. The van der Waals surface area contributed by atoms with Crippen molar-refractivity contribution in [2.45, 2.75) is 6.54 Å². The molecule has 1 amide bonds. The maximum atomic E-state index is 12.1. The number of benzene rings is 1. The Balaban J connectivity index is 1.74. The van der Waals surface area contributed by atoms with Gasteiger partial charge in [0, 0.05) is 16.7 Å². The second-order valence-electron chi connectivity index (χ2n) is 5.14. The average molecular weight is 353 g/mol. The summed E-state index contributed by atoms with van der Waals surface area (Å²) in [7, 11) is 0. The molecule has 0 atom stereocenters. The molecule has 0 radical (unpaired) electrons. The molecule has 25 heavy (non-hydrogen) atoms. The minimum absolute atomic E-state index is 0.0569. The van der Waals surface area contributed by atoms with Gasteiger partial charge in [-0.05, 0) is 36.4 Å². The number of halogens is 1. The fourth-order valence-electron chi connectivity index (χ4n) is 2.19. The Kier molecular flexibility index (Phi) is 5.03. The van der Waals surface area contributed by atoms with Gasteiger partial charge in [-0.15, -0.1) is 0 Å². The van der Waals surface area contributed by atoms with Crippen molar-refractivity contribution < 1.29 is 13.6 Å². The number of rotatable bonds is 5. The molecule has 0 aliphatic heterocycles. The van der Waals surface area contributed by atoms with Gasteiger partial charge in [-0.2, -0.15) is 5.26 Å². The Morgan fingerprint density at radius 3 is 2.84 bits per heavy atom. The van der Waals surface area contributed by atoms with Crippen molar-refractivity contribution in [3.63, 3.8) is 0 Å². The third-order valence-corrected chi connectivity index (χ3v) is 3.63. The molecular weight excluding hydrogens is 340 g/mol. The number of hydrogen-bond acceptors (Lipinski definition) is 4. The fraction of sp³-hybridized carbons (Fsp3) is 0.0526. The summed E-state index contributed by atoms with van der Waals surface area (Å²) in [5.41, 5.74) is 0.756. The minimum Gasteiger partial charge on any atom is -0.467 e. The van der Waals surface area contributed by atoms with E-state index in [1.54, 1.807) is 36.4 Å². The normalized spacial score (nSPS) is 11.1. The van der Waals surface area contributed by atoms with E-state index in [1.807, 2.05) is 18.2 Å². The highest BCUT2D eigenvalue weighted by Crippen LogP contribution is 2.25. The van der Waals surface area contributed by atoms with Crippen molar-refractivity contribution >= 4 is 23.6 Å². The summed E-state index contributed by atoms with van der Waals surface area (Å²) in [6, 6.07) is 16.0. The van der Waals surface area contributed by atoms with Crippen LogP contribution in [0.25, 0.3) is 17.4 Å². The molecule has 3 rings (SSSR count). The second-order valence-corrected chi connectivity index (χ2v) is 5.58. The van der Waals surface area contributed by atoms with Crippen LogP contribution < -0.4 is 5.32 Å². The van der Waals surface area contributed by atoms with E-state index in [-0.39, 0.29) is 12.1 Å². The van der Waals surface area contributed by atoms with Crippen LogP contribution in [-0.4, -0.2) is 5.91 Å². The number of carbonyl (C=O) groups is 1. The lowest BCUT2D eigenvalue weighted by Crippen LogP contribution is -2.23. The van der Waals surface area contributed by atoms with Gasteiger partial charge in [0.1, 0.15) is 28.9 Å². The second kappa shape index (κ2) is 7.56. The molecule has 1 aromatic carbocycles. The third kappa shape index (κ3) is 4.19. The standard InChI is InChI=1S/C19H13ClN2O3/c20-15-4-1-3-13(9-15)18-7-6-16(25-18)10-14(11-21)19(23)22-12-17-5-2-8-24-17/h1-10H,12H2,(H,22,23)/b14-10+. The van der Waals surface area contributed by atoms with Crippen molar-refractivity contribution in [1.29, 1.82) is 5.26 Å². The van der Waals surface area contributed by atoms with E-state index in [1.165, 1.54) is 12.3 Å². The van der Waals surface area contributed by atoms with Crippen LogP contribution >= 0.6 is 11.6 Å². The number of hydrogen-bond donors (Lipinski definition) is 1. The van der Waals surface area contributed by atoms with Gasteiger partial charge in [0.2, 0.25) is 0 Å². The summed E-state index contributed by atoms with van der Waals surface area (Å²) < 4.78 is 10.8. The van der Waals surface area contributed by atoms with E-state index in [0.717, 1.165) is 5.56 Å². The summed E-state index contributed by atoms with van der Waals surface area (Å²) in [6.45, 7) is 0.205. The molecular formula is C19H13ClN2O3. The smallest absolute Gasteiger partial charge is 0.262 e. The Morgan fingerprint density at radius 1 is 1.24 bits per heavy atom. The maximum Gasteiger partial charge on any atom is 0.262 e. The summed E-state index contributed by atoms with van der Waals surface area (Å²) >= 11 is 5.97. The number of carbonyl (C=O) groups excluding carboxylic acids is 1. The molecule has 0 aliphatic rings. The van der Waals surface area contributed by atoms with Crippen molar-refractivity contribution in [1.82, 2.24) is 5.32 Å². The van der Waals surface area contributed by atoms with E-state index >= 15 is 0 Å². The first-order chi connectivity index (χ1) is 12.2. The predicted octanol–water partition coefficient (Wildman–Crippen LogP) is 4.42. The SMILES string of the molecule is N#C/C(=C\c1ccc(-c2cccc(Cl)c2)o1)C(=O)NCc1ccco1. The highest BCUT2D eigenvalue weighted by Gasteiger charge is 2.11. The zero-order valence-electron chi connectivity index (χ0n) is 13.0. The van der Waals surface area contributed by atoms with E-state index in [4.69, 9.17) is 20.4 Å². The zero-order valence-corrected chi connectivity index (χ0v) is 13.8. The van der Waals surface area contributed by atoms with Crippen LogP contribution in [0.3, 0.4) is 0 Å². The molecule has 5 nitrogen and oxygen atoms in total. The molecule has 0 saturated heterocycles. The number of furan rings is 2. The van der Waals surface area contributed by atoms with Crippen LogP contribution in [0.2, 0.25) is 5.02 Å². The largest absolute Gasteiger partial charge is 0.467 e. The Hall–Kier alpha value is -3.23. The number of amides is 1. The lowest BCUT2D eigenvalue weighted by molar-refractivity contribution is -0.117. The quantitative estimate of drug-likeness (QED) is 0.544. The maximum absolute atomic E-state index is 12.1. The van der Waals surface area contributed by atoms with Crippen LogP contribution in [0.1, 0.15) is 11.5 Å². The average Bonchev–Trinajstić information content (AvgIpc) is 3.29. The molecule has 0 spiro atoms. The van der Waals surface area contributed by atoms with E-state index in [9.17, 15) is 10.1 Å². The molecule has 0 fully saturated rings. The topological polar surface area (TPSA) is 79.2 Å². The summed E-state index contributed by atoms with van der Waals surface area (Å²) in [6.07, 6.45) is 2.91. The molecule has 124 valence electrons. The monoisotopic (exact) mass is 352 g/mol. The van der Waals surface area contributed by atoms with Gasteiger partial charge in [-0.3, -0.25) is 4.79 Å². The van der Waals surface area contributed by atoms with Gasteiger partial charge in [-0.1, -0.05) is 23.7 Å². The van der Waals surface area contributed by atoms with Crippen LogP contribution in [0.15, 0.2) is 69.2 Å². The van der Waals surface area contributed by atoms with Crippen molar-refractivity contribution in [2.24, 2.45) is 0 Å². The first-order valence-corrected chi connectivity index (χ1v) is 7.81. The molecule has 2 heterocycles. The fourth-order valence-corrected chi connectivity index (χ4v) is 2.38. The third-order valence-electron chi connectivity index (χ3n) is 3.39. The number of nitriles is 1. The van der Waals surface area contributed by atoms with Gasteiger partial charge in [0.15, 0.2) is 0 Å². The molecule has 6 heteroatoms. The minimum atomic E-state index is -0.500. The van der Waals surface area contributed by atoms with E-state index in [2.05, 4.69) is 5.32 Å². The first kappa shape index (κ1) is 16.6. The number of nitrogens with one attached hydrogen (secondary N) is 1. The van der Waals surface area contributed by atoms with Gasteiger partial charge >= 0.3 is 0 Å². The highest BCUT2D eigenvalue weighted by molar-refractivity contribution is 6.30. The van der Waals surface area contributed by atoms with Crippen molar-refractivity contribution in [3.8, 4) is 17.4 Å². The molecule has 0 bridgehead atoms. The van der Waals surface area contributed by atoms with Crippen LogP contribution in [0.5, 0.6) is 0 Å². The summed E-state index contributed by atoms with van der Waals surface area (Å²) in [4.78, 5) is 12.1. The molecule has 0 unspecified atom stereocenters. The van der Waals surface area contributed by atoms with Gasteiger partial charge in [-0.25, -0.2) is 0 Å².